The van der Waals surface area contributed by atoms with Crippen LogP contribution >= 0.6 is 0 Å². The van der Waals surface area contributed by atoms with Crippen LogP contribution in [0.1, 0.15) is 30.0 Å². The molecule has 3 rings (SSSR count). The fourth-order valence-electron chi connectivity index (χ4n) is 3.55. The number of hydrogen-bond donors (Lipinski definition) is 0. The van der Waals surface area contributed by atoms with Gasteiger partial charge in [-0.3, -0.25) is 9.48 Å². The zero-order chi connectivity index (χ0) is 17.6. The third kappa shape index (κ3) is 4.48. The van der Waals surface area contributed by atoms with Crippen molar-refractivity contribution < 1.29 is 9.53 Å². The number of amides is 1. The summed E-state index contributed by atoms with van der Waals surface area (Å²) in [4.78, 5) is 14.8. The van der Waals surface area contributed by atoms with Crippen molar-refractivity contribution in [3.05, 3.63) is 53.3 Å². The highest BCUT2D eigenvalue weighted by Crippen LogP contribution is 2.29. The lowest BCUT2D eigenvalue weighted by Gasteiger charge is -2.23. The number of carbonyl (C=O) groups is 1. The number of aryl methyl sites for hydroxylation is 1. The van der Waals surface area contributed by atoms with Crippen molar-refractivity contribution in [2.45, 2.75) is 39.3 Å². The summed E-state index contributed by atoms with van der Waals surface area (Å²) in [6, 6.07) is 8.53. The molecule has 0 unspecified atom stereocenters. The Labute approximate surface area is 149 Å². The maximum Gasteiger partial charge on any atom is 0.223 e. The van der Waals surface area contributed by atoms with Gasteiger partial charge in [-0.2, -0.15) is 5.10 Å². The molecule has 0 bridgehead atoms. The highest BCUT2D eigenvalue weighted by Gasteiger charge is 2.25. The number of fused-ring (bicyclic) bond motifs is 1. The van der Waals surface area contributed by atoms with Crippen LogP contribution in [0.2, 0.25) is 0 Å². The van der Waals surface area contributed by atoms with Crippen LogP contribution in [-0.2, 0) is 35.5 Å². The topological polar surface area (TPSA) is 47.4 Å². The molecule has 0 fully saturated rings. The average molecular weight is 341 g/mol. The Balaban J connectivity index is 1.61. The summed E-state index contributed by atoms with van der Waals surface area (Å²) in [6.07, 6.45) is 6.47. The molecule has 1 aliphatic rings. The third-order valence-electron chi connectivity index (χ3n) is 4.90. The molecular formula is C20H27N3O2. The molecule has 1 amide bonds. The van der Waals surface area contributed by atoms with Crippen LogP contribution < -0.4 is 0 Å². The van der Waals surface area contributed by atoms with Gasteiger partial charge in [0.15, 0.2) is 0 Å². The van der Waals surface area contributed by atoms with E-state index in [1.165, 1.54) is 11.1 Å². The van der Waals surface area contributed by atoms with E-state index in [0.717, 1.165) is 24.9 Å². The van der Waals surface area contributed by atoms with Crippen LogP contribution in [0.15, 0.2) is 36.7 Å². The molecule has 0 saturated heterocycles. The molecule has 25 heavy (non-hydrogen) atoms. The molecule has 5 heteroatoms. The maximum absolute atomic E-state index is 12.9. The lowest BCUT2D eigenvalue weighted by molar-refractivity contribution is -0.133. The third-order valence-corrected chi connectivity index (χ3v) is 4.90. The molecule has 0 spiro atoms. The SMILES string of the molecule is CCn1cc(CN(CCOC)C(=O)CC2Cc3ccccc3C2)cn1. The molecule has 0 radical (unpaired) electrons. The minimum Gasteiger partial charge on any atom is -0.383 e. The number of methoxy groups -OCH3 is 1. The first kappa shape index (κ1) is 17.7. The van der Waals surface area contributed by atoms with Crippen molar-refractivity contribution >= 4 is 5.91 Å². The van der Waals surface area contributed by atoms with E-state index in [2.05, 4.69) is 36.3 Å². The lowest BCUT2D eigenvalue weighted by Crippen LogP contribution is -2.34. The zero-order valence-electron chi connectivity index (χ0n) is 15.1. The van der Waals surface area contributed by atoms with E-state index < -0.39 is 0 Å². The van der Waals surface area contributed by atoms with Gasteiger partial charge in [0.05, 0.1) is 12.8 Å². The molecule has 1 aliphatic carbocycles. The molecular weight excluding hydrogens is 314 g/mol. The van der Waals surface area contributed by atoms with Gasteiger partial charge in [-0.1, -0.05) is 24.3 Å². The number of rotatable bonds is 8. The lowest BCUT2D eigenvalue weighted by atomic mass is 10.0. The van der Waals surface area contributed by atoms with Crippen LogP contribution in [0.25, 0.3) is 0 Å². The molecule has 1 aromatic carbocycles. The summed E-state index contributed by atoms with van der Waals surface area (Å²) in [5, 5.41) is 4.31. The van der Waals surface area contributed by atoms with E-state index in [4.69, 9.17) is 4.74 Å². The van der Waals surface area contributed by atoms with Gasteiger partial charge < -0.3 is 9.64 Å². The second kappa shape index (κ2) is 8.30. The van der Waals surface area contributed by atoms with Crippen LogP contribution in [0.5, 0.6) is 0 Å². The zero-order valence-corrected chi connectivity index (χ0v) is 15.1. The molecule has 1 aromatic heterocycles. The van der Waals surface area contributed by atoms with Gasteiger partial charge in [0, 0.05) is 44.9 Å². The van der Waals surface area contributed by atoms with Crippen molar-refractivity contribution in [3.63, 3.8) is 0 Å². The molecule has 1 heterocycles. The second-order valence-electron chi connectivity index (χ2n) is 6.76. The van der Waals surface area contributed by atoms with E-state index >= 15 is 0 Å². The Morgan fingerprint density at radius 3 is 2.64 bits per heavy atom. The second-order valence-corrected chi connectivity index (χ2v) is 6.76. The first-order valence-electron chi connectivity index (χ1n) is 9.04. The van der Waals surface area contributed by atoms with Crippen LogP contribution in [0.4, 0.5) is 0 Å². The fraction of sp³-hybridized carbons (Fsp3) is 0.500. The number of benzene rings is 1. The quantitative estimate of drug-likeness (QED) is 0.742. The Bertz CT molecular complexity index is 685. The number of aromatic nitrogens is 2. The first-order chi connectivity index (χ1) is 12.2. The van der Waals surface area contributed by atoms with Crippen molar-refractivity contribution in [2.75, 3.05) is 20.3 Å². The summed E-state index contributed by atoms with van der Waals surface area (Å²) >= 11 is 0. The van der Waals surface area contributed by atoms with E-state index in [9.17, 15) is 4.79 Å². The van der Waals surface area contributed by atoms with Gasteiger partial charge in [-0.05, 0) is 36.8 Å². The standard InChI is InChI=1S/C20H27N3O2/c1-3-23-15-17(13-21-23)14-22(8-9-25-2)20(24)12-16-10-18-6-4-5-7-19(18)11-16/h4-7,13,15-16H,3,8-12,14H2,1-2H3. The number of ether oxygens (including phenoxy) is 1. The number of nitrogens with zero attached hydrogens (tertiary/aromatic N) is 3. The monoisotopic (exact) mass is 341 g/mol. The summed E-state index contributed by atoms with van der Waals surface area (Å²) in [5.74, 6) is 0.618. The highest BCUT2D eigenvalue weighted by molar-refractivity contribution is 5.76. The summed E-state index contributed by atoms with van der Waals surface area (Å²) in [6.45, 7) is 4.67. The Morgan fingerprint density at radius 1 is 1.32 bits per heavy atom. The molecule has 0 N–H and O–H groups in total. The Kier molecular flexibility index (Phi) is 5.87. The number of hydrogen-bond acceptors (Lipinski definition) is 3. The van der Waals surface area contributed by atoms with E-state index in [0.29, 0.717) is 32.0 Å². The molecule has 0 atom stereocenters. The van der Waals surface area contributed by atoms with E-state index in [1.54, 1.807) is 7.11 Å². The van der Waals surface area contributed by atoms with Crippen molar-refractivity contribution in [1.82, 2.24) is 14.7 Å². The van der Waals surface area contributed by atoms with Gasteiger partial charge in [0.1, 0.15) is 0 Å². The summed E-state index contributed by atoms with van der Waals surface area (Å²) < 4.78 is 7.08. The van der Waals surface area contributed by atoms with Crippen molar-refractivity contribution in [2.24, 2.45) is 5.92 Å². The summed E-state index contributed by atoms with van der Waals surface area (Å²) in [5.41, 5.74) is 3.86. The van der Waals surface area contributed by atoms with Gasteiger partial charge in [0.2, 0.25) is 5.91 Å². The van der Waals surface area contributed by atoms with Gasteiger partial charge in [-0.25, -0.2) is 0 Å². The molecule has 5 nitrogen and oxygen atoms in total. The van der Waals surface area contributed by atoms with Crippen LogP contribution in [0, 0.1) is 5.92 Å². The van der Waals surface area contributed by atoms with Crippen LogP contribution in [0.3, 0.4) is 0 Å². The summed E-state index contributed by atoms with van der Waals surface area (Å²) in [7, 11) is 1.67. The minimum absolute atomic E-state index is 0.208. The smallest absolute Gasteiger partial charge is 0.223 e. The predicted molar refractivity (Wildman–Crippen MR) is 97.2 cm³/mol. The van der Waals surface area contributed by atoms with Gasteiger partial charge in [0.25, 0.3) is 0 Å². The largest absolute Gasteiger partial charge is 0.383 e. The Hall–Kier alpha value is -2.14. The Morgan fingerprint density at radius 2 is 2.04 bits per heavy atom. The molecule has 0 aliphatic heterocycles. The minimum atomic E-state index is 0.208. The van der Waals surface area contributed by atoms with E-state index in [1.807, 2.05) is 22.0 Å². The predicted octanol–water partition coefficient (Wildman–Crippen LogP) is 2.68. The van der Waals surface area contributed by atoms with Gasteiger partial charge >= 0.3 is 0 Å². The molecule has 134 valence electrons. The normalized spacial score (nSPS) is 13.8. The maximum atomic E-state index is 12.9. The van der Waals surface area contributed by atoms with Crippen molar-refractivity contribution in [3.8, 4) is 0 Å². The van der Waals surface area contributed by atoms with Gasteiger partial charge in [-0.15, -0.1) is 0 Å². The molecule has 0 saturated carbocycles. The molecule has 2 aromatic rings. The highest BCUT2D eigenvalue weighted by atomic mass is 16.5. The van der Waals surface area contributed by atoms with Crippen LogP contribution in [-0.4, -0.2) is 40.8 Å². The fourth-order valence-corrected chi connectivity index (χ4v) is 3.55. The average Bonchev–Trinajstić information content (AvgIpc) is 3.24. The number of carbonyl (C=O) groups excluding carboxylic acids is 1. The van der Waals surface area contributed by atoms with E-state index in [-0.39, 0.29) is 5.91 Å². The first-order valence-corrected chi connectivity index (χ1v) is 9.04. The van der Waals surface area contributed by atoms with Crippen molar-refractivity contribution in [1.29, 1.82) is 0 Å².